The smallest absolute Gasteiger partial charge is 0.370 e. The van der Waals surface area contributed by atoms with E-state index in [0.29, 0.717) is 5.69 Å². The molecule has 0 aromatic heterocycles. The summed E-state index contributed by atoms with van der Waals surface area (Å²) in [6.07, 6.45) is -1.70. The fourth-order valence-electron chi connectivity index (χ4n) is 2.18. The largest absolute Gasteiger partial charge is 0.471 e. The Labute approximate surface area is 109 Å². The lowest BCUT2D eigenvalue weighted by Gasteiger charge is -2.30. The minimum Gasteiger partial charge on any atom is -0.370 e. The number of para-hydroxylation sites is 2. The highest BCUT2D eigenvalue weighted by Crippen LogP contribution is 2.29. The Morgan fingerprint density at radius 2 is 1.74 bits per heavy atom. The Kier molecular flexibility index (Phi) is 3.97. The molecule has 1 aromatic rings. The van der Waals surface area contributed by atoms with Gasteiger partial charge in [0.25, 0.3) is 0 Å². The summed E-state index contributed by atoms with van der Waals surface area (Å²) < 4.78 is 36.8. The fraction of sp³-hybridized carbons (Fsp3) is 0.462. The van der Waals surface area contributed by atoms with Gasteiger partial charge >= 0.3 is 12.1 Å². The number of carbonyl (C=O) groups excluding carboxylic acids is 1. The van der Waals surface area contributed by atoms with Crippen LogP contribution in [0.15, 0.2) is 24.3 Å². The molecular weight excluding hydrogens is 257 g/mol. The van der Waals surface area contributed by atoms with Crippen molar-refractivity contribution >= 4 is 17.3 Å². The van der Waals surface area contributed by atoms with E-state index in [4.69, 9.17) is 0 Å². The average molecular weight is 272 g/mol. The molecule has 0 spiro atoms. The van der Waals surface area contributed by atoms with Crippen molar-refractivity contribution < 1.29 is 18.0 Å². The second-order valence-electron chi connectivity index (χ2n) is 4.52. The van der Waals surface area contributed by atoms with Gasteiger partial charge in [-0.3, -0.25) is 4.79 Å². The van der Waals surface area contributed by atoms with Gasteiger partial charge in [0, 0.05) is 13.1 Å². The minimum atomic E-state index is -4.87. The number of anilines is 2. The van der Waals surface area contributed by atoms with E-state index < -0.39 is 12.1 Å². The summed E-state index contributed by atoms with van der Waals surface area (Å²) in [5.74, 6) is -1.93. The molecule has 1 N–H and O–H groups in total. The summed E-state index contributed by atoms with van der Waals surface area (Å²) in [6, 6.07) is 6.59. The van der Waals surface area contributed by atoms with Crippen molar-refractivity contribution in [2.75, 3.05) is 23.3 Å². The number of halogens is 3. The number of alkyl halides is 3. The van der Waals surface area contributed by atoms with Crippen molar-refractivity contribution in [2.24, 2.45) is 0 Å². The normalized spacial score (nSPS) is 16.3. The van der Waals surface area contributed by atoms with Crippen molar-refractivity contribution in [3.05, 3.63) is 24.3 Å². The van der Waals surface area contributed by atoms with Crippen molar-refractivity contribution in [1.29, 1.82) is 0 Å². The first kappa shape index (κ1) is 13.7. The van der Waals surface area contributed by atoms with Crippen LogP contribution in [-0.4, -0.2) is 25.2 Å². The van der Waals surface area contributed by atoms with Crippen molar-refractivity contribution in [2.45, 2.75) is 25.4 Å². The zero-order chi connectivity index (χ0) is 13.9. The highest BCUT2D eigenvalue weighted by Gasteiger charge is 2.39. The van der Waals surface area contributed by atoms with Crippen molar-refractivity contribution in [3.8, 4) is 0 Å². The van der Waals surface area contributed by atoms with Crippen LogP contribution in [0.25, 0.3) is 0 Å². The first-order chi connectivity index (χ1) is 8.98. The monoisotopic (exact) mass is 272 g/mol. The molecule has 1 amide bonds. The number of nitrogens with zero attached hydrogens (tertiary/aromatic N) is 1. The van der Waals surface area contributed by atoms with Crippen LogP contribution in [0.5, 0.6) is 0 Å². The van der Waals surface area contributed by atoms with E-state index >= 15 is 0 Å². The van der Waals surface area contributed by atoms with Crippen LogP contribution in [-0.2, 0) is 4.79 Å². The van der Waals surface area contributed by atoms with E-state index in [2.05, 4.69) is 0 Å². The molecule has 1 aliphatic rings. The maximum atomic E-state index is 12.3. The van der Waals surface area contributed by atoms with Crippen LogP contribution in [0.4, 0.5) is 24.5 Å². The lowest BCUT2D eigenvalue weighted by atomic mass is 10.1. The van der Waals surface area contributed by atoms with Gasteiger partial charge < -0.3 is 10.2 Å². The second-order valence-corrected chi connectivity index (χ2v) is 4.52. The molecule has 0 bridgehead atoms. The van der Waals surface area contributed by atoms with E-state index in [1.54, 1.807) is 18.2 Å². The molecular formula is C13H15F3N2O. The Morgan fingerprint density at radius 1 is 1.11 bits per heavy atom. The molecule has 1 heterocycles. The summed E-state index contributed by atoms with van der Waals surface area (Å²) in [5.41, 5.74) is 0.867. The number of benzene rings is 1. The molecule has 1 aromatic carbocycles. The maximum Gasteiger partial charge on any atom is 0.471 e. The Hall–Kier alpha value is -1.72. The molecule has 0 unspecified atom stereocenters. The van der Waals surface area contributed by atoms with Gasteiger partial charge in [-0.2, -0.15) is 13.2 Å². The van der Waals surface area contributed by atoms with Gasteiger partial charge in [0.2, 0.25) is 0 Å². The second kappa shape index (κ2) is 5.50. The lowest BCUT2D eigenvalue weighted by Crippen LogP contribution is -2.33. The Morgan fingerprint density at radius 3 is 2.37 bits per heavy atom. The zero-order valence-electron chi connectivity index (χ0n) is 10.3. The van der Waals surface area contributed by atoms with E-state index in [1.165, 1.54) is 6.07 Å². The molecule has 0 radical (unpaired) electrons. The molecule has 0 atom stereocenters. The van der Waals surface area contributed by atoms with Crippen LogP contribution >= 0.6 is 0 Å². The zero-order valence-corrected chi connectivity index (χ0v) is 10.3. The molecule has 2 rings (SSSR count). The maximum absolute atomic E-state index is 12.3. The van der Waals surface area contributed by atoms with Gasteiger partial charge in [0.05, 0.1) is 11.4 Å². The number of piperidine rings is 1. The number of nitrogens with one attached hydrogen (secondary N) is 1. The van der Waals surface area contributed by atoms with Crippen LogP contribution in [0.2, 0.25) is 0 Å². The number of hydrogen-bond donors (Lipinski definition) is 1. The third kappa shape index (κ3) is 3.39. The molecule has 1 aliphatic heterocycles. The number of hydrogen-bond acceptors (Lipinski definition) is 2. The quantitative estimate of drug-likeness (QED) is 0.896. The first-order valence-electron chi connectivity index (χ1n) is 6.20. The topological polar surface area (TPSA) is 32.3 Å². The molecule has 6 heteroatoms. The summed E-state index contributed by atoms with van der Waals surface area (Å²) in [4.78, 5) is 13.0. The summed E-state index contributed by atoms with van der Waals surface area (Å²) >= 11 is 0. The van der Waals surface area contributed by atoms with Crippen LogP contribution in [0, 0.1) is 0 Å². The van der Waals surface area contributed by atoms with Crippen molar-refractivity contribution in [1.82, 2.24) is 0 Å². The SMILES string of the molecule is O=C(Nc1ccccc1N1CCCCC1)C(F)(F)F. The Balaban J connectivity index is 2.18. The summed E-state index contributed by atoms with van der Waals surface area (Å²) in [6.45, 7) is 1.61. The van der Waals surface area contributed by atoms with E-state index in [-0.39, 0.29) is 5.69 Å². The summed E-state index contributed by atoms with van der Waals surface area (Å²) in [7, 11) is 0. The lowest BCUT2D eigenvalue weighted by molar-refractivity contribution is -0.167. The van der Waals surface area contributed by atoms with Crippen molar-refractivity contribution in [3.63, 3.8) is 0 Å². The highest BCUT2D eigenvalue weighted by atomic mass is 19.4. The number of amides is 1. The van der Waals surface area contributed by atoms with Gasteiger partial charge in [-0.1, -0.05) is 12.1 Å². The Bertz CT molecular complexity index is 453. The molecule has 0 aliphatic carbocycles. The molecule has 0 saturated carbocycles. The number of rotatable bonds is 2. The van der Waals surface area contributed by atoms with Gasteiger partial charge in [-0.25, -0.2) is 0 Å². The third-order valence-electron chi connectivity index (χ3n) is 3.11. The van der Waals surface area contributed by atoms with Gasteiger partial charge in [0.1, 0.15) is 0 Å². The molecule has 3 nitrogen and oxygen atoms in total. The minimum absolute atomic E-state index is 0.215. The van der Waals surface area contributed by atoms with Gasteiger partial charge in [-0.05, 0) is 31.4 Å². The van der Waals surface area contributed by atoms with E-state index in [9.17, 15) is 18.0 Å². The predicted octanol–water partition coefficient (Wildman–Crippen LogP) is 3.18. The van der Waals surface area contributed by atoms with E-state index in [1.807, 2.05) is 10.2 Å². The summed E-state index contributed by atoms with van der Waals surface area (Å²) in [5, 5.41) is 1.94. The van der Waals surface area contributed by atoms with E-state index in [0.717, 1.165) is 32.4 Å². The molecule has 1 saturated heterocycles. The molecule has 1 fully saturated rings. The van der Waals surface area contributed by atoms with Gasteiger partial charge in [-0.15, -0.1) is 0 Å². The molecule has 19 heavy (non-hydrogen) atoms. The average Bonchev–Trinajstić information content (AvgIpc) is 2.39. The molecule has 104 valence electrons. The predicted molar refractivity (Wildman–Crippen MR) is 67.2 cm³/mol. The van der Waals surface area contributed by atoms with Crippen LogP contribution in [0.1, 0.15) is 19.3 Å². The first-order valence-corrected chi connectivity index (χ1v) is 6.20. The third-order valence-corrected chi connectivity index (χ3v) is 3.11. The fourth-order valence-corrected chi connectivity index (χ4v) is 2.18. The standard InChI is InChI=1S/C13H15F3N2O/c14-13(15,16)12(19)17-10-6-2-3-7-11(10)18-8-4-1-5-9-18/h2-3,6-7H,1,4-5,8-9H2,(H,17,19). The van der Waals surface area contributed by atoms with Crippen LogP contribution < -0.4 is 10.2 Å². The highest BCUT2D eigenvalue weighted by molar-refractivity contribution is 5.97. The van der Waals surface area contributed by atoms with Gasteiger partial charge in [0.15, 0.2) is 0 Å². The van der Waals surface area contributed by atoms with Crippen LogP contribution in [0.3, 0.4) is 0 Å². The number of carbonyl (C=O) groups is 1.